The first-order chi connectivity index (χ1) is 11.3. The molecule has 8 heteroatoms. The first-order valence-corrected chi connectivity index (χ1v) is 9.54. The summed E-state index contributed by atoms with van der Waals surface area (Å²) in [7, 11) is -3.69. The van der Waals surface area contributed by atoms with Crippen LogP contribution in [0.4, 0.5) is 13.2 Å². The first-order valence-electron chi connectivity index (χ1n) is 7.65. The minimum atomic E-state index is -3.69. The van der Waals surface area contributed by atoms with E-state index in [1.165, 1.54) is 6.07 Å². The molecule has 1 aliphatic carbocycles. The highest BCUT2D eigenvalue weighted by Gasteiger charge is 2.27. The molecule has 0 spiro atoms. The van der Waals surface area contributed by atoms with Gasteiger partial charge in [0.15, 0.2) is 15.7 Å². The molecule has 1 aromatic carbocycles. The minimum Gasteiger partial charge on any atom is -0.340 e. The molecule has 0 amide bonds. The Balaban J connectivity index is 2.09. The quantitative estimate of drug-likeness (QED) is 0.890. The lowest BCUT2D eigenvalue weighted by Gasteiger charge is -2.10. The smallest absolute Gasteiger partial charge is 0.295 e. The number of nitrogens with one attached hydrogen (secondary N) is 1. The van der Waals surface area contributed by atoms with Crippen LogP contribution < -0.4 is 0 Å². The first kappa shape index (κ1) is 17.0. The number of rotatable bonds is 4. The summed E-state index contributed by atoms with van der Waals surface area (Å²) in [5.74, 6) is -1.27. The van der Waals surface area contributed by atoms with Gasteiger partial charge in [0.1, 0.15) is 10.7 Å². The normalized spacial score (nSPS) is 16.2. The van der Waals surface area contributed by atoms with E-state index in [0.717, 1.165) is 44.1 Å². The number of H-pyrrole nitrogens is 1. The maximum atomic E-state index is 14.1. The van der Waals surface area contributed by atoms with E-state index in [-0.39, 0.29) is 11.6 Å². The number of halogens is 3. The molecule has 1 N–H and O–H groups in total. The van der Waals surface area contributed by atoms with Crippen LogP contribution in [0.2, 0.25) is 0 Å². The van der Waals surface area contributed by atoms with Crippen LogP contribution in [0.25, 0.3) is 11.3 Å². The average Bonchev–Trinajstić information content (AvgIpc) is 3.15. The number of benzene rings is 1. The van der Waals surface area contributed by atoms with Gasteiger partial charge in [-0.2, -0.15) is 0 Å². The van der Waals surface area contributed by atoms with Gasteiger partial charge in [0, 0.05) is 23.4 Å². The van der Waals surface area contributed by atoms with Gasteiger partial charge in [-0.1, -0.05) is 18.9 Å². The zero-order valence-electron chi connectivity index (χ0n) is 13.0. The summed E-state index contributed by atoms with van der Waals surface area (Å²) in [6, 6.07) is 3.60. The van der Waals surface area contributed by atoms with Crippen molar-refractivity contribution in [3.05, 3.63) is 35.5 Å². The third-order valence-corrected chi connectivity index (χ3v) is 5.46. The van der Waals surface area contributed by atoms with Gasteiger partial charge in [-0.15, -0.1) is 0 Å². The Bertz CT molecular complexity index is 856. The molecule has 3 rings (SSSR count). The summed E-state index contributed by atoms with van der Waals surface area (Å²) in [6.07, 6.45) is 1.91. The largest absolute Gasteiger partial charge is 0.340 e. The molecule has 24 heavy (non-hydrogen) atoms. The second-order valence-electron chi connectivity index (χ2n) is 6.08. The molecule has 0 atom stereocenters. The van der Waals surface area contributed by atoms with E-state index in [1.807, 2.05) is 0 Å². The topological polar surface area (TPSA) is 62.8 Å². The summed E-state index contributed by atoms with van der Waals surface area (Å²) in [4.78, 5) is 6.20. The monoisotopic (exact) mass is 358 g/mol. The van der Waals surface area contributed by atoms with Crippen molar-refractivity contribution < 1.29 is 21.6 Å². The number of aromatic amines is 1. The van der Waals surface area contributed by atoms with Gasteiger partial charge in [0.05, 0.1) is 5.69 Å². The predicted molar refractivity (Wildman–Crippen MR) is 83.3 cm³/mol. The van der Waals surface area contributed by atoms with Gasteiger partial charge < -0.3 is 4.98 Å². The lowest BCUT2D eigenvalue weighted by atomic mass is 9.99. The van der Waals surface area contributed by atoms with Crippen LogP contribution in [0.5, 0.6) is 0 Å². The fourth-order valence-corrected chi connectivity index (χ4v) is 3.92. The number of sulfone groups is 1. The molecule has 1 aromatic heterocycles. The molecule has 4 nitrogen and oxygen atoms in total. The molecular weight excluding hydrogens is 341 g/mol. The second kappa shape index (κ2) is 6.23. The highest BCUT2D eigenvalue weighted by atomic mass is 32.2. The Hall–Kier alpha value is -1.83. The lowest BCUT2D eigenvalue weighted by molar-refractivity contribution is 0.141. The van der Waals surface area contributed by atoms with Crippen LogP contribution in [0, 0.1) is 5.82 Å². The Morgan fingerprint density at radius 1 is 1.25 bits per heavy atom. The molecule has 0 unspecified atom stereocenters. The van der Waals surface area contributed by atoms with Crippen molar-refractivity contribution >= 4 is 9.84 Å². The Morgan fingerprint density at radius 3 is 2.46 bits per heavy atom. The van der Waals surface area contributed by atoms with Crippen LogP contribution in [0.3, 0.4) is 0 Å². The van der Waals surface area contributed by atoms with Gasteiger partial charge in [-0.3, -0.25) is 0 Å². The number of nitrogens with zero attached hydrogens (tertiary/aromatic N) is 1. The van der Waals surface area contributed by atoms with E-state index in [0.29, 0.717) is 11.3 Å². The Labute approximate surface area is 138 Å². The molecule has 0 aliphatic heterocycles. The van der Waals surface area contributed by atoms with Crippen LogP contribution in [0.15, 0.2) is 23.1 Å². The van der Waals surface area contributed by atoms with Gasteiger partial charge in [0.2, 0.25) is 0 Å². The third kappa shape index (κ3) is 3.19. The molecule has 1 fully saturated rings. The number of aromatic nitrogens is 2. The minimum absolute atomic E-state index is 0.0812. The van der Waals surface area contributed by atoms with Crippen molar-refractivity contribution in [2.24, 2.45) is 0 Å². The van der Waals surface area contributed by atoms with E-state index in [9.17, 15) is 21.6 Å². The molecule has 1 aliphatic rings. The van der Waals surface area contributed by atoms with Crippen molar-refractivity contribution in [1.29, 1.82) is 0 Å². The van der Waals surface area contributed by atoms with Crippen molar-refractivity contribution in [2.45, 2.75) is 42.9 Å². The molecule has 0 radical (unpaired) electrons. The molecule has 130 valence electrons. The van der Waals surface area contributed by atoms with Crippen LogP contribution in [-0.2, 0) is 9.84 Å². The van der Waals surface area contributed by atoms with Crippen molar-refractivity contribution in [2.75, 3.05) is 6.26 Å². The van der Waals surface area contributed by atoms with Gasteiger partial charge in [-0.25, -0.2) is 26.6 Å². The van der Waals surface area contributed by atoms with Gasteiger partial charge in [-0.05, 0) is 25.0 Å². The van der Waals surface area contributed by atoms with Gasteiger partial charge >= 0.3 is 0 Å². The molecule has 1 saturated carbocycles. The van der Waals surface area contributed by atoms with Crippen molar-refractivity contribution in [1.82, 2.24) is 9.97 Å². The van der Waals surface area contributed by atoms with Gasteiger partial charge in [0.25, 0.3) is 6.43 Å². The van der Waals surface area contributed by atoms with Crippen molar-refractivity contribution in [3.8, 4) is 11.3 Å². The van der Waals surface area contributed by atoms with E-state index < -0.39 is 32.8 Å². The second-order valence-corrected chi connectivity index (χ2v) is 8.07. The molecule has 2 aromatic rings. The summed E-state index contributed by atoms with van der Waals surface area (Å²) in [6.45, 7) is 0. The molecular formula is C16H17F3N2O2S. The van der Waals surface area contributed by atoms with E-state index >= 15 is 0 Å². The fourth-order valence-electron chi connectivity index (χ4n) is 3.19. The summed E-state index contributed by atoms with van der Waals surface area (Å²) >= 11 is 0. The molecule has 1 heterocycles. The maximum absolute atomic E-state index is 14.1. The highest BCUT2D eigenvalue weighted by molar-refractivity contribution is 7.90. The SMILES string of the molecule is CS(=O)(=O)c1ccc(-c2nc(C(F)F)[nH]c2C2CCCC2)cc1F. The average molecular weight is 358 g/mol. The Kier molecular flexibility index (Phi) is 4.42. The van der Waals surface area contributed by atoms with E-state index in [1.54, 1.807) is 0 Å². The zero-order chi connectivity index (χ0) is 17.5. The van der Waals surface area contributed by atoms with E-state index in [2.05, 4.69) is 9.97 Å². The Morgan fingerprint density at radius 2 is 1.92 bits per heavy atom. The number of alkyl halides is 2. The fraction of sp³-hybridized carbons (Fsp3) is 0.438. The number of hydrogen-bond donors (Lipinski definition) is 1. The maximum Gasteiger partial charge on any atom is 0.295 e. The molecule has 0 saturated heterocycles. The number of imidazole rings is 1. The molecule has 0 bridgehead atoms. The third-order valence-electron chi connectivity index (χ3n) is 4.33. The number of hydrogen-bond acceptors (Lipinski definition) is 3. The summed E-state index contributed by atoms with van der Waals surface area (Å²) < 4.78 is 63.2. The van der Waals surface area contributed by atoms with E-state index in [4.69, 9.17) is 0 Å². The van der Waals surface area contributed by atoms with Crippen LogP contribution in [-0.4, -0.2) is 24.6 Å². The predicted octanol–water partition coefficient (Wildman–Crippen LogP) is 4.21. The van der Waals surface area contributed by atoms with Crippen LogP contribution >= 0.6 is 0 Å². The standard InChI is InChI=1S/C16H17F3N2O2S/c1-24(22,23)12-7-6-10(8-11(12)17)14-13(9-4-2-3-5-9)20-16(21-14)15(18)19/h6-9,15H,2-5H2,1H3,(H,20,21). The summed E-state index contributed by atoms with van der Waals surface area (Å²) in [5, 5.41) is 0. The summed E-state index contributed by atoms with van der Waals surface area (Å²) in [5.41, 5.74) is 1.15. The van der Waals surface area contributed by atoms with Crippen molar-refractivity contribution in [3.63, 3.8) is 0 Å². The van der Waals surface area contributed by atoms with Crippen LogP contribution in [0.1, 0.15) is 49.5 Å². The lowest BCUT2D eigenvalue weighted by Crippen LogP contribution is -2.01. The highest BCUT2D eigenvalue weighted by Crippen LogP contribution is 2.39. The zero-order valence-corrected chi connectivity index (χ0v) is 13.8.